The first-order valence-corrected chi connectivity index (χ1v) is 10.1. The molecule has 0 radical (unpaired) electrons. The Kier molecular flexibility index (Phi) is 5.58. The highest BCUT2D eigenvalue weighted by Crippen LogP contribution is 2.25. The summed E-state index contributed by atoms with van der Waals surface area (Å²) in [6, 6.07) is 22.5. The number of fused-ring (bicyclic) bond motifs is 1. The third-order valence-corrected chi connectivity index (χ3v) is 5.28. The number of benzene rings is 3. The molecule has 0 unspecified atom stereocenters. The largest absolute Gasteiger partial charge is 0.497 e. The van der Waals surface area contributed by atoms with E-state index in [9.17, 15) is 9.59 Å². The number of aromatic amines is 1. The van der Waals surface area contributed by atoms with Crippen molar-refractivity contribution < 1.29 is 9.53 Å². The second-order valence-electron chi connectivity index (χ2n) is 7.68. The molecule has 0 saturated heterocycles. The number of nitrogens with one attached hydrogen (secondary N) is 1. The average molecular weight is 412 g/mol. The van der Waals surface area contributed by atoms with Crippen molar-refractivity contribution in [3.63, 3.8) is 0 Å². The lowest BCUT2D eigenvalue weighted by atomic mass is 10.1. The normalized spacial score (nSPS) is 10.8. The Balaban J connectivity index is 1.81. The van der Waals surface area contributed by atoms with Crippen molar-refractivity contribution in [2.75, 3.05) is 12.0 Å². The molecule has 0 atom stereocenters. The monoisotopic (exact) mass is 412 g/mol. The van der Waals surface area contributed by atoms with E-state index in [0.29, 0.717) is 22.6 Å². The van der Waals surface area contributed by atoms with Crippen LogP contribution in [0.1, 0.15) is 27.0 Å². The summed E-state index contributed by atoms with van der Waals surface area (Å²) in [4.78, 5) is 30.9. The lowest BCUT2D eigenvalue weighted by molar-refractivity contribution is 0.0985. The number of carbonyl (C=O) groups excluding carboxylic acids is 1. The van der Waals surface area contributed by atoms with E-state index in [0.717, 1.165) is 22.0 Å². The predicted octanol–water partition coefficient (Wildman–Crippen LogP) is 5.00. The van der Waals surface area contributed by atoms with Crippen LogP contribution in [0.5, 0.6) is 5.75 Å². The smallest absolute Gasteiger partial charge is 0.258 e. The topological polar surface area (TPSA) is 62.4 Å². The molecule has 1 heterocycles. The zero-order valence-corrected chi connectivity index (χ0v) is 17.8. The van der Waals surface area contributed by atoms with Crippen LogP contribution in [0.25, 0.3) is 10.9 Å². The first-order chi connectivity index (χ1) is 14.9. The lowest BCUT2D eigenvalue weighted by Crippen LogP contribution is -2.33. The number of pyridine rings is 1. The number of nitrogens with zero attached hydrogens (tertiary/aromatic N) is 1. The fraction of sp³-hybridized carbons (Fsp3) is 0.154. The minimum Gasteiger partial charge on any atom is -0.497 e. The molecule has 0 bridgehead atoms. The summed E-state index contributed by atoms with van der Waals surface area (Å²) in [5.74, 6) is 0.461. The molecule has 1 aromatic heterocycles. The van der Waals surface area contributed by atoms with E-state index in [2.05, 4.69) is 4.98 Å². The van der Waals surface area contributed by atoms with Crippen molar-refractivity contribution in [2.45, 2.75) is 20.4 Å². The fourth-order valence-corrected chi connectivity index (χ4v) is 3.65. The molecule has 4 rings (SSSR count). The van der Waals surface area contributed by atoms with Gasteiger partial charge >= 0.3 is 0 Å². The maximum absolute atomic E-state index is 13.5. The fourth-order valence-electron chi connectivity index (χ4n) is 3.65. The minimum atomic E-state index is -0.207. The number of aromatic nitrogens is 1. The first kappa shape index (κ1) is 20.4. The molecule has 0 spiro atoms. The second kappa shape index (κ2) is 8.48. The first-order valence-electron chi connectivity index (χ1n) is 10.1. The van der Waals surface area contributed by atoms with Gasteiger partial charge in [0.25, 0.3) is 11.5 Å². The van der Waals surface area contributed by atoms with E-state index < -0.39 is 0 Å². The number of hydrogen-bond donors (Lipinski definition) is 1. The Morgan fingerprint density at radius 2 is 1.71 bits per heavy atom. The third kappa shape index (κ3) is 4.36. The van der Waals surface area contributed by atoms with E-state index in [1.807, 2.05) is 74.5 Å². The highest BCUT2D eigenvalue weighted by atomic mass is 16.5. The summed E-state index contributed by atoms with van der Waals surface area (Å²) in [6.07, 6.45) is 0. The number of aryl methyl sites for hydroxylation is 2. The highest BCUT2D eigenvalue weighted by Gasteiger charge is 2.20. The molecular weight excluding hydrogens is 388 g/mol. The highest BCUT2D eigenvalue weighted by molar-refractivity contribution is 6.06. The molecule has 156 valence electrons. The summed E-state index contributed by atoms with van der Waals surface area (Å²) < 4.78 is 5.35. The molecule has 0 aliphatic carbocycles. The molecule has 1 amide bonds. The summed E-state index contributed by atoms with van der Waals surface area (Å²) >= 11 is 0. The van der Waals surface area contributed by atoms with Gasteiger partial charge in [0.05, 0.1) is 13.7 Å². The van der Waals surface area contributed by atoms with E-state index in [4.69, 9.17) is 4.74 Å². The van der Waals surface area contributed by atoms with Crippen molar-refractivity contribution >= 4 is 22.5 Å². The van der Waals surface area contributed by atoms with Crippen molar-refractivity contribution in [2.24, 2.45) is 0 Å². The van der Waals surface area contributed by atoms with Gasteiger partial charge in [0.1, 0.15) is 5.75 Å². The number of H-pyrrole nitrogens is 1. The van der Waals surface area contributed by atoms with Crippen molar-refractivity contribution in [3.05, 3.63) is 105 Å². The zero-order chi connectivity index (χ0) is 22.0. The Bertz CT molecular complexity index is 1320. The maximum Gasteiger partial charge on any atom is 0.258 e. The Hall–Kier alpha value is -3.86. The average Bonchev–Trinajstić information content (AvgIpc) is 2.77. The Morgan fingerprint density at radius 3 is 2.48 bits per heavy atom. The maximum atomic E-state index is 13.5. The van der Waals surface area contributed by atoms with E-state index in [1.54, 1.807) is 24.1 Å². The van der Waals surface area contributed by atoms with Crippen LogP contribution in [0.3, 0.4) is 0 Å². The molecule has 31 heavy (non-hydrogen) atoms. The molecular formula is C26H24N2O3. The van der Waals surface area contributed by atoms with Crippen LogP contribution in [0.2, 0.25) is 0 Å². The summed E-state index contributed by atoms with van der Waals surface area (Å²) in [7, 11) is 1.59. The van der Waals surface area contributed by atoms with Gasteiger partial charge in [0, 0.05) is 28.4 Å². The van der Waals surface area contributed by atoms with Gasteiger partial charge < -0.3 is 14.6 Å². The zero-order valence-electron chi connectivity index (χ0n) is 17.8. The molecule has 5 nitrogen and oxygen atoms in total. The van der Waals surface area contributed by atoms with Gasteiger partial charge in [-0.05, 0) is 61.7 Å². The summed E-state index contributed by atoms with van der Waals surface area (Å²) in [5.41, 5.74) is 4.41. The minimum absolute atomic E-state index is 0.138. The molecule has 0 aliphatic rings. The van der Waals surface area contributed by atoms with E-state index in [1.165, 1.54) is 0 Å². The van der Waals surface area contributed by atoms with Gasteiger partial charge in [0.2, 0.25) is 0 Å². The van der Waals surface area contributed by atoms with Crippen LogP contribution < -0.4 is 15.2 Å². The molecule has 1 N–H and O–H groups in total. The molecule has 3 aromatic carbocycles. The van der Waals surface area contributed by atoms with Gasteiger partial charge in [-0.25, -0.2) is 0 Å². The van der Waals surface area contributed by atoms with Gasteiger partial charge in [-0.15, -0.1) is 0 Å². The number of anilines is 1. The quantitative estimate of drug-likeness (QED) is 0.502. The number of methoxy groups -OCH3 is 1. The number of hydrogen-bond acceptors (Lipinski definition) is 3. The van der Waals surface area contributed by atoms with Crippen molar-refractivity contribution in [3.8, 4) is 5.75 Å². The SMILES string of the molecule is COc1cccc(N(Cc2cc3cc(C)ccc3[nH]c2=O)C(=O)c2cccc(C)c2)c1. The van der Waals surface area contributed by atoms with Crippen LogP contribution in [0.15, 0.2) is 77.6 Å². The van der Waals surface area contributed by atoms with Gasteiger partial charge in [-0.1, -0.05) is 35.4 Å². The molecule has 5 heteroatoms. The Labute approximate surface area is 180 Å². The van der Waals surface area contributed by atoms with Crippen molar-refractivity contribution in [1.82, 2.24) is 4.98 Å². The van der Waals surface area contributed by atoms with Crippen LogP contribution in [-0.4, -0.2) is 18.0 Å². The lowest BCUT2D eigenvalue weighted by Gasteiger charge is -2.23. The summed E-state index contributed by atoms with van der Waals surface area (Å²) in [5, 5.41) is 0.934. The van der Waals surface area contributed by atoms with Crippen LogP contribution in [0, 0.1) is 13.8 Å². The molecule has 4 aromatic rings. The summed E-state index contributed by atoms with van der Waals surface area (Å²) in [6.45, 7) is 4.09. The molecule has 0 fully saturated rings. The standard InChI is InChI=1S/C26H24N2O3/c1-17-6-4-7-19(12-17)26(30)28(22-8-5-9-23(15-22)31-3)16-21-14-20-13-18(2)10-11-24(20)27-25(21)29/h4-15H,16H2,1-3H3,(H,27,29). The van der Waals surface area contributed by atoms with Gasteiger partial charge in [-0.3, -0.25) is 9.59 Å². The number of rotatable bonds is 5. The number of ether oxygens (including phenoxy) is 1. The van der Waals surface area contributed by atoms with Crippen LogP contribution in [0.4, 0.5) is 5.69 Å². The predicted molar refractivity (Wildman–Crippen MR) is 124 cm³/mol. The Morgan fingerprint density at radius 1 is 0.935 bits per heavy atom. The number of carbonyl (C=O) groups is 1. The number of amides is 1. The van der Waals surface area contributed by atoms with Crippen molar-refractivity contribution in [1.29, 1.82) is 0 Å². The van der Waals surface area contributed by atoms with Gasteiger partial charge in [0.15, 0.2) is 0 Å². The molecule has 0 aliphatic heterocycles. The second-order valence-corrected chi connectivity index (χ2v) is 7.68. The van der Waals surface area contributed by atoms with Gasteiger partial charge in [-0.2, -0.15) is 0 Å². The van der Waals surface area contributed by atoms with Crippen LogP contribution >= 0.6 is 0 Å². The van der Waals surface area contributed by atoms with E-state index >= 15 is 0 Å². The van der Waals surface area contributed by atoms with E-state index in [-0.39, 0.29) is 18.0 Å². The van der Waals surface area contributed by atoms with Crippen LogP contribution in [-0.2, 0) is 6.54 Å². The third-order valence-electron chi connectivity index (χ3n) is 5.28. The molecule has 0 saturated carbocycles.